The molecule has 0 N–H and O–H groups in total. The van der Waals surface area contributed by atoms with Crippen LogP contribution in [-0.2, 0) is 11.2 Å². The zero-order valence-electron chi connectivity index (χ0n) is 18.9. The Hall–Kier alpha value is -3.99. The lowest BCUT2D eigenvalue weighted by Gasteiger charge is -2.28. The van der Waals surface area contributed by atoms with Gasteiger partial charge < -0.3 is 9.42 Å². The van der Waals surface area contributed by atoms with Crippen LogP contribution in [0, 0.1) is 6.92 Å². The van der Waals surface area contributed by atoms with E-state index in [2.05, 4.69) is 10.1 Å². The van der Waals surface area contributed by atoms with Gasteiger partial charge in [0.1, 0.15) is 0 Å². The number of aryl methyl sites for hydroxylation is 1. The predicted molar refractivity (Wildman–Crippen MR) is 130 cm³/mol. The molecule has 3 aromatic carbocycles. The quantitative estimate of drug-likeness (QED) is 0.323. The number of carbonyl (C=O) groups excluding carboxylic acids is 1. The highest BCUT2D eigenvalue weighted by Crippen LogP contribution is 2.22. The minimum Gasteiger partial charge on any atom is -0.339 e. The van der Waals surface area contributed by atoms with E-state index in [4.69, 9.17) is 4.52 Å². The maximum atomic E-state index is 13.2. The van der Waals surface area contributed by atoms with Crippen molar-refractivity contribution < 1.29 is 9.32 Å². The zero-order chi connectivity index (χ0) is 23.0. The van der Waals surface area contributed by atoms with Gasteiger partial charge in [-0.15, -0.1) is 0 Å². The second-order valence-electron chi connectivity index (χ2n) is 7.99. The molecule has 0 saturated carbocycles. The van der Waals surface area contributed by atoms with Gasteiger partial charge in [0, 0.05) is 24.6 Å². The summed E-state index contributed by atoms with van der Waals surface area (Å²) < 4.78 is 5.48. The molecule has 1 heterocycles. The topological polar surface area (TPSA) is 59.2 Å². The summed E-state index contributed by atoms with van der Waals surface area (Å²) >= 11 is 0. The molecular formula is C28H27N3O2. The fourth-order valence-corrected chi connectivity index (χ4v) is 3.63. The Bertz CT molecular complexity index is 1200. The molecule has 166 valence electrons. The molecule has 1 amide bonds. The molecule has 0 spiro atoms. The Labute approximate surface area is 194 Å². The van der Waals surface area contributed by atoms with Crippen molar-refractivity contribution in [1.29, 1.82) is 0 Å². The van der Waals surface area contributed by atoms with Crippen molar-refractivity contribution in [3.63, 3.8) is 0 Å². The lowest BCUT2D eigenvalue weighted by molar-refractivity contribution is -0.128. The normalized spacial score (nSPS) is 12.1. The lowest BCUT2D eigenvalue weighted by atomic mass is 10.1. The summed E-state index contributed by atoms with van der Waals surface area (Å²) in [5.74, 6) is 1.01. The largest absolute Gasteiger partial charge is 0.339 e. The summed E-state index contributed by atoms with van der Waals surface area (Å²) in [6, 6.07) is 27.7. The Kier molecular flexibility index (Phi) is 7.10. The Morgan fingerprint density at radius 2 is 1.64 bits per heavy atom. The van der Waals surface area contributed by atoms with Crippen molar-refractivity contribution in [1.82, 2.24) is 15.0 Å². The van der Waals surface area contributed by atoms with Crippen LogP contribution in [0.15, 0.2) is 95.5 Å². The fraction of sp³-hybridized carbons (Fsp3) is 0.179. The molecule has 0 fully saturated rings. The van der Waals surface area contributed by atoms with Gasteiger partial charge in [0.2, 0.25) is 17.6 Å². The molecule has 1 atom stereocenters. The van der Waals surface area contributed by atoms with Crippen LogP contribution in [0.25, 0.3) is 17.5 Å². The number of hydrogen-bond acceptors (Lipinski definition) is 4. The van der Waals surface area contributed by atoms with Crippen LogP contribution in [0.4, 0.5) is 0 Å². The van der Waals surface area contributed by atoms with E-state index in [1.165, 1.54) is 5.56 Å². The van der Waals surface area contributed by atoms with Crippen molar-refractivity contribution in [2.24, 2.45) is 0 Å². The van der Waals surface area contributed by atoms with Crippen LogP contribution in [0.3, 0.4) is 0 Å². The van der Waals surface area contributed by atoms with Crippen LogP contribution in [-0.4, -0.2) is 27.5 Å². The van der Waals surface area contributed by atoms with Crippen LogP contribution in [0.2, 0.25) is 0 Å². The van der Waals surface area contributed by atoms with Gasteiger partial charge >= 0.3 is 0 Å². The lowest BCUT2D eigenvalue weighted by Crippen LogP contribution is -2.34. The Morgan fingerprint density at radius 3 is 2.33 bits per heavy atom. The predicted octanol–water partition coefficient (Wildman–Crippen LogP) is 5.89. The van der Waals surface area contributed by atoms with E-state index in [1.807, 2.05) is 110 Å². The number of hydrogen-bond donors (Lipinski definition) is 0. The minimum absolute atomic E-state index is 0.0616. The van der Waals surface area contributed by atoms with E-state index in [9.17, 15) is 4.79 Å². The molecular weight excluding hydrogens is 410 g/mol. The molecule has 0 unspecified atom stereocenters. The summed E-state index contributed by atoms with van der Waals surface area (Å²) in [5, 5.41) is 4.11. The van der Waals surface area contributed by atoms with Crippen molar-refractivity contribution in [2.45, 2.75) is 26.3 Å². The van der Waals surface area contributed by atoms with E-state index in [1.54, 1.807) is 6.08 Å². The average Bonchev–Trinajstić information content (AvgIpc) is 3.33. The molecule has 0 saturated heterocycles. The van der Waals surface area contributed by atoms with E-state index >= 15 is 0 Å². The van der Waals surface area contributed by atoms with Crippen molar-refractivity contribution in [2.75, 3.05) is 6.54 Å². The third-order valence-corrected chi connectivity index (χ3v) is 5.59. The van der Waals surface area contributed by atoms with E-state index < -0.39 is 0 Å². The standard InChI is InChI=1S/C28H27N3O2/c1-21-13-16-25(17-14-21)28-29-26(33-30-28)19-20-31(22(2)24-11-7-4-8-12-24)27(32)18-15-23-9-5-3-6-10-23/h3-18,22H,19-20H2,1-2H3/b18-15+/t22-/m1/s1. The number of nitrogens with zero attached hydrogens (tertiary/aromatic N) is 3. The monoisotopic (exact) mass is 437 g/mol. The highest BCUT2D eigenvalue weighted by Gasteiger charge is 2.21. The molecule has 5 nitrogen and oxygen atoms in total. The number of aromatic nitrogens is 2. The third-order valence-electron chi connectivity index (χ3n) is 5.59. The van der Waals surface area contributed by atoms with Gasteiger partial charge in [0.15, 0.2) is 0 Å². The van der Waals surface area contributed by atoms with Crippen molar-refractivity contribution >= 4 is 12.0 Å². The zero-order valence-corrected chi connectivity index (χ0v) is 18.9. The summed E-state index contributed by atoms with van der Waals surface area (Å²) in [5.41, 5.74) is 4.14. The van der Waals surface area contributed by atoms with Crippen LogP contribution in [0.1, 0.15) is 35.5 Å². The maximum Gasteiger partial charge on any atom is 0.247 e. The Balaban J connectivity index is 1.50. The molecule has 4 rings (SSSR count). The van der Waals surface area contributed by atoms with Gasteiger partial charge in [-0.25, -0.2) is 0 Å². The molecule has 0 aliphatic carbocycles. The van der Waals surface area contributed by atoms with Crippen LogP contribution in [0.5, 0.6) is 0 Å². The third kappa shape index (κ3) is 5.83. The van der Waals surface area contributed by atoms with Gasteiger partial charge in [0.05, 0.1) is 6.04 Å². The molecule has 0 aliphatic rings. The molecule has 0 bridgehead atoms. The second kappa shape index (κ2) is 10.6. The molecule has 5 heteroatoms. The number of amides is 1. The average molecular weight is 438 g/mol. The van der Waals surface area contributed by atoms with Crippen molar-refractivity contribution in [3.8, 4) is 11.4 Å². The summed E-state index contributed by atoms with van der Waals surface area (Å²) in [6.07, 6.45) is 3.94. The van der Waals surface area contributed by atoms with E-state index in [0.717, 1.165) is 16.7 Å². The summed E-state index contributed by atoms with van der Waals surface area (Å²) in [7, 11) is 0. The number of rotatable bonds is 8. The van der Waals surface area contributed by atoms with E-state index in [0.29, 0.717) is 24.7 Å². The first-order valence-electron chi connectivity index (χ1n) is 11.1. The minimum atomic E-state index is -0.0985. The summed E-state index contributed by atoms with van der Waals surface area (Å²) in [6.45, 7) is 4.54. The molecule has 33 heavy (non-hydrogen) atoms. The Morgan fingerprint density at radius 1 is 0.970 bits per heavy atom. The first-order valence-corrected chi connectivity index (χ1v) is 11.1. The first kappa shape index (κ1) is 22.2. The van der Waals surface area contributed by atoms with Gasteiger partial charge in [0.25, 0.3) is 0 Å². The van der Waals surface area contributed by atoms with Crippen LogP contribution < -0.4 is 0 Å². The van der Waals surface area contributed by atoms with Crippen LogP contribution >= 0.6 is 0 Å². The van der Waals surface area contributed by atoms with Gasteiger partial charge in [-0.05, 0) is 31.1 Å². The first-order chi connectivity index (χ1) is 16.1. The van der Waals surface area contributed by atoms with E-state index in [-0.39, 0.29) is 11.9 Å². The molecule has 0 aliphatic heterocycles. The molecule has 4 aromatic rings. The molecule has 0 radical (unpaired) electrons. The van der Waals surface area contributed by atoms with Gasteiger partial charge in [-0.3, -0.25) is 4.79 Å². The second-order valence-corrected chi connectivity index (χ2v) is 7.99. The van der Waals surface area contributed by atoms with Gasteiger partial charge in [-0.1, -0.05) is 95.6 Å². The molecule has 1 aromatic heterocycles. The summed E-state index contributed by atoms with van der Waals surface area (Å²) in [4.78, 5) is 19.6. The fourth-order valence-electron chi connectivity index (χ4n) is 3.63. The smallest absolute Gasteiger partial charge is 0.247 e. The highest BCUT2D eigenvalue weighted by molar-refractivity contribution is 5.92. The van der Waals surface area contributed by atoms with Crippen molar-refractivity contribution in [3.05, 3.63) is 114 Å². The SMILES string of the molecule is Cc1ccc(-c2noc(CCN(C(=O)/C=C/c3ccccc3)[C@H](C)c3ccccc3)n2)cc1. The number of benzene rings is 3. The van der Waals surface area contributed by atoms with Gasteiger partial charge in [-0.2, -0.15) is 4.98 Å². The number of carbonyl (C=O) groups is 1. The highest BCUT2D eigenvalue weighted by atomic mass is 16.5. The maximum absolute atomic E-state index is 13.2.